The van der Waals surface area contributed by atoms with Crippen molar-refractivity contribution in [2.45, 2.75) is 19.6 Å². The molecule has 1 unspecified atom stereocenters. The van der Waals surface area contributed by atoms with E-state index >= 15 is 0 Å². The van der Waals surface area contributed by atoms with Crippen LogP contribution in [0.15, 0.2) is 35.3 Å². The maximum absolute atomic E-state index is 5.89. The van der Waals surface area contributed by atoms with Crippen molar-refractivity contribution in [1.82, 2.24) is 19.6 Å². The number of likely N-dealkylation sites (N-methyl/N-ethyl adjacent to an activating group) is 1. The van der Waals surface area contributed by atoms with Crippen LogP contribution in [0.5, 0.6) is 0 Å². The summed E-state index contributed by atoms with van der Waals surface area (Å²) < 4.78 is 13.2. The lowest BCUT2D eigenvalue weighted by molar-refractivity contribution is 0.0672. The Balaban J connectivity index is 1.60. The van der Waals surface area contributed by atoms with Crippen LogP contribution in [0.3, 0.4) is 0 Å². The maximum Gasteiger partial charge on any atom is 0.0947 e. The van der Waals surface area contributed by atoms with Gasteiger partial charge in [0.1, 0.15) is 0 Å². The molecule has 0 saturated heterocycles. The second-order valence-electron chi connectivity index (χ2n) is 6.55. The van der Waals surface area contributed by atoms with Crippen LogP contribution in [-0.2, 0) is 24.4 Å². The van der Waals surface area contributed by atoms with Crippen molar-refractivity contribution in [3.8, 4) is 0 Å². The number of hydrogen-bond donors (Lipinski definition) is 0. The number of aromatic nitrogens is 2. The van der Waals surface area contributed by atoms with Gasteiger partial charge >= 0.3 is 0 Å². The molecule has 0 aromatic carbocycles. The van der Waals surface area contributed by atoms with E-state index in [-0.39, 0.29) is 0 Å². The third-order valence-corrected chi connectivity index (χ3v) is 4.16. The van der Waals surface area contributed by atoms with Gasteiger partial charge in [-0.25, -0.2) is 0 Å². The molecule has 2 aromatic heterocycles. The smallest absolute Gasteiger partial charge is 0.0947 e. The zero-order valence-electron chi connectivity index (χ0n) is 14.0. The number of rotatable bonds is 7. The second kappa shape index (κ2) is 7.77. The first-order valence-electron chi connectivity index (χ1n) is 8.17. The van der Waals surface area contributed by atoms with Gasteiger partial charge < -0.3 is 14.1 Å². The van der Waals surface area contributed by atoms with Crippen molar-refractivity contribution in [1.29, 1.82) is 0 Å². The standard InChI is InChI=1S/C17H26N4O2/c1-19(2)6-8-23-14-16-10-20(9-15-4-7-22-13-15)12-17-3-5-18-21(17)11-16/h3-5,7,13,16H,6,8-12,14H2,1-2H3. The van der Waals surface area contributed by atoms with Crippen LogP contribution in [0.25, 0.3) is 0 Å². The van der Waals surface area contributed by atoms with Gasteiger partial charge in [0.15, 0.2) is 0 Å². The van der Waals surface area contributed by atoms with E-state index in [1.54, 1.807) is 6.26 Å². The fourth-order valence-corrected chi connectivity index (χ4v) is 2.98. The highest BCUT2D eigenvalue weighted by molar-refractivity contribution is 5.07. The minimum Gasteiger partial charge on any atom is -0.472 e. The van der Waals surface area contributed by atoms with E-state index in [0.717, 1.165) is 45.9 Å². The second-order valence-corrected chi connectivity index (χ2v) is 6.55. The molecule has 3 rings (SSSR count). The largest absolute Gasteiger partial charge is 0.472 e. The third-order valence-electron chi connectivity index (χ3n) is 4.16. The molecular weight excluding hydrogens is 292 g/mol. The van der Waals surface area contributed by atoms with Crippen molar-refractivity contribution in [2.75, 3.05) is 40.4 Å². The zero-order valence-corrected chi connectivity index (χ0v) is 14.0. The van der Waals surface area contributed by atoms with Crippen LogP contribution in [0.4, 0.5) is 0 Å². The summed E-state index contributed by atoms with van der Waals surface area (Å²) in [4.78, 5) is 4.59. The zero-order chi connectivity index (χ0) is 16.1. The Morgan fingerprint density at radius 2 is 2.26 bits per heavy atom. The number of furan rings is 1. The van der Waals surface area contributed by atoms with Crippen molar-refractivity contribution >= 4 is 0 Å². The molecule has 0 saturated carbocycles. The summed E-state index contributed by atoms with van der Waals surface area (Å²) in [6, 6.07) is 4.14. The fraction of sp³-hybridized carbons (Fsp3) is 0.588. The predicted octanol–water partition coefficient (Wildman–Crippen LogP) is 1.69. The Hall–Kier alpha value is -1.63. The molecule has 0 spiro atoms. The summed E-state index contributed by atoms with van der Waals surface area (Å²) in [5.41, 5.74) is 2.48. The van der Waals surface area contributed by atoms with Crippen molar-refractivity contribution in [3.05, 3.63) is 42.1 Å². The summed E-state index contributed by atoms with van der Waals surface area (Å²) in [5, 5.41) is 4.46. The summed E-state index contributed by atoms with van der Waals surface area (Å²) in [7, 11) is 4.13. The van der Waals surface area contributed by atoms with E-state index in [0.29, 0.717) is 5.92 Å². The van der Waals surface area contributed by atoms with E-state index in [2.05, 4.69) is 39.7 Å². The molecule has 0 N–H and O–H groups in total. The number of hydrogen-bond acceptors (Lipinski definition) is 5. The maximum atomic E-state index is 5.89. The van der Waals surface area contributed by atoms with Gasteiger partial charge in [-0.15, -0.1) is 0 Å². The van der Waals surface area contributed by atoms with Crippen LogP contribution in [0.1, 0.15) is 11.3 Å². The predicted molar refractivity (Wildman–Crippen MR) is 87.9 cm³/mol. The molecule has 1 atom stereocenters. The van der Waals surface area contributed by atoms with Gasteiger partial charge in [-0.3, -0.25) is 9.58 Å². The van der Waals surface area contributed by atoms with Gasteiger partial charge in [-0.05, 0) is 26.2 Å². The number of ether oxygens (including phenoxy) is 1. The quantitative estimate of drug-likeness (QED) is 0.727. The summed E-state index contributed by atoms with van der Waals surface area (Å²) in [6.07, 6.45) is 5.45. The average molecular weight is 318 g/mol. The Bertz CT molecular complexity index is 579. The molecule has 1 aliphatic heterocycles. The topological polar surface area (TPSA) is 46.7 Å². The van der Waals surface area contributed by atoms with Crippen LogP contribution >= 0.6 is 0 Å². The monoisotopic (exact) mass is 318 g/mol. The van der Waals surface area contributed by atoms with Crippen LogP contribution in [0.2, 0.25) is 0 Å². The van der Waals surface area contributed by atoms with Gasteiger partial charge in [-0.1, -0.05) is 0 Å². The van der Waals surface area contributed by atoms with Gasteiger partial charge in [0.25, 0.3) is 0 Å². The lowest BCUT2D eigenvalue weighted by atomic mass is 10.1. The highest BCUT2D eigenvalue weighted by atomic mass is 16.5. The Kier molecular flexibility index (Phi) is 5.48. The van der Waals surface area contributed by atoms with Crippen molar-refractivity contribution < 1.29 is 9.15 Å². The van der Waals surface area contributed by atoms with E-state index in [1.165, 1.54) is 11.3 Å². The first kappa shape index (κ1) is 16.2. The molecule has 1 aliphatic rings. The minimum absolute atomic E-state index is 0.449. The molecule has 6 heteroatoms. The van der Waals surface area contributed by atoms with Crippen molar-refractivity contribution in [3.63, 3.8) is 0 Å². The Morgan fingerprint density at radius 3 is 3.04 bits per heavy atom. The molecule has 3 heterocycles. The van der Waals surface area contributed by atoms with E-state index in [1.807, 2.05) is 18.5 Å². The van der Waals surface area contributed by atoms with E-state index in [9.17, 15) is 0 Å². The van der Waals surface area contributed by atoms with Gasteiger partial charge in [-0.2, -0.15) is 5.10 Å². The van der Waals surface area contributed by atoms with Crippen LogP contribution < -0.4 is 0 Å². The Labute approximate surface area is 137 Å². The first-order valence-corrected chi connectivity index (χ1v) is 8.17. The van der Waals surface area contributed by atoms with Crippen LogP contribution in [-0.4, -0.2) is 60.0 Å². The first-order chi connectivity index (χ1) is 11.2. The molecule has 2 aromatic rings. The fourth-order valence-electron chi connectivity index (χ4n) is 2.98. The Morgan fingerprint density at radius 1 is 1.35 bits per heavy atom. The van der Waals surface area contributed by atoms with Gasteiger partial charge in [0.2, 0.25) is 0 Å². The highest BCUT2D eigenvalue weighted by Crippen LogP contribution is 2.18. The lowest BCUT2D eigenvalue weighted by Gasteiger charge is -2.23. The normalized spacial score (nSPS) is 19.0. The molecule has 6 nitrogen and oxygen atoms in total. The molecule has 0 amide bonds. The third kappa shape index (κ3) is 4.67. The van der Waals surface area contributed by atoms with E-state index < -0.39 is 0 Å². The van der Waals surface area contributed by atoms with E-state index in [4.69, 9.17) is 9.15 Å². The van der Waals surface area contributed by atoms with Gasteiger partial charge in [0.05, 0.1) is 31.4 Å². The molecule has 0 bridgehead atoms. The summed E-state index contributed by atoms with van der Waals surface area (Å²) in [5.74, 6) is 0.449. The molecular formula is C17H26N4O2. The molecule has 126 valence electrons. The van der Waals surface area contributed by atoms with Gasteiger partial charge in [0, 0.05) is 50.4 Å². The molecule has 0 radical (unpaired) electrons. The number of nitrogens with zero attached hydrogens (tertiary/aromatic N) is 4. The van der Waals surface area contributed by atoms with Crippen molar-refractivity contribution in [2.24, 2.45) is 5.92 Å². The minimum atomic E-state index is 0.449. The molecule has 23 heavy (non-hydrogen) atoms. The SMILES string of the molecule is CN(C)CCOCC1CN(Cc2ccoc2)Cc2ccnn2C1. The average Bonchev–Trinajstić information content (AvgIpc) is 3.13. The summed E-state index contributed by atoms with van der Waals surface area (Å²) in [6.45, 7) is 6.25. The summed E-state index contributed by atoms with van der Waals surface area (Å²) >= 11 is 0. The van der Waals surface area contributed by atoms with Crippen LogP contribution in [0, 0.1) is 5.92 Å². The molecule has 0 aliphatic carbocycles. The molecule has 0 fully saturated rings. The number of fused-ring (bicyclic) bond motifs is 1. The highest BCUT2D eigenvalue weighted by Gasteiger charge is 2.22. The lowest BCUT2D eigenvalue weighted by Crippen LogP contribution is -2.30.